The summed E-state index contributed by atoms with van der Waals surface area (Å²) in [5.41, 5.74) is 0. The summed E-state index contributed by atoms with van der Waals surface area (Å²) in [5, 5.41) is 3.22. The molecule has 0 saturated heterocycles. The monoisotopic (exact) mass is 581 g/mol. The molecule has 10 nitrogen and oxygen atoms in total. The van der Waals surface area contributed by atoms with E-state index in [4.69, 9.17) is 18.9 Å². The summed E-state index contributed by atoms with van der Waals surface area (Å²) in [6.07, 6.45) is 7.53. The van der Waals surface area contributed by atoms with E-state index in [2.05, 4.69) is 12.2 Å². The zero-order valence-corrected chi connectivity index (χ0v) is 25.9. The molecule has 0 amide bonds. The van der Waals surface area contributed by atoms with Crippen molar-refractivity contribution in [2.45, 2.75) is 98.6 Å². The van der Waals surface area contributed by atoms with Gasteiger partial charge in [-0.2, -0.15) is 0 Å². The van der Waals surface area contributed by atoms with E-state index < -0.39 is 53.7 Å². The Morgan fingerprint density at radius 1 is 1.00 bits per heavy atom. The van der Waals surface area contributed by atoms with Crippen molar-refractivity contribution in [3.05, 3.63) is 12.2 Å². The fraction of sp³-hybridized carbons (Fsp3) is 0.774. The van der Waals surface area contributed by atoms with Gasteiger partial charge in [0.2, 0.25) is 0 Å². The number of hydrogen-bond donors (Lipinski definition) is 1. The van der Waals surface area contributed by atoms with Crippen LogP contribution in [0.25, 0.3) is 0 Å². The van der Waals surface area contributed by atoms with E-state index >= 15 is 0 Å². The van der Waals surface area contributed by atoms with Crippen LogP contribution in [0.2, 0.25) is 0 Å². The van der Waals surface area contributed by atoms with E-state index in [1.54, 1.807) is 19.9 Å². The second-order valence-electron chi connectivity index (χ2n) is 11.0. The molecule has 234 valence electrons. The lowest BCUT2D eigenvalue weighted by Crippen LogP contribution is -2.40. The molecule has 0 spiro atoms. The summed E-state index contributed by atoms with van der Waals surface area (Å²) in [6.45, 7) is 11.3. The Morgan fingerprint density at radius 2 is 1.63 bits per heavy atom. The van der Waals surface area contributed by atoms with Gasteiger partial charge in [-0.15, -0.1) is 0 Å². The molecule has 0 bridgehead atoms. The molecule has 0 heterocycles. The molecule has 1 aliphatic carbocycles. The third-order valence-electron chi connectivity index (χ3n) is 7.32. The minimum Gasteiger partial charge on any atom is -0.468 e. The number of ether oxygens (including phenoxy) is 4. The number of carbonyl (C=O) groups excluding carboxylic acids is 5. The predicted molar refractivity (Wildman–Crippen MR) is 154 cm³/mol. The molecular weight excluding hydrogens is 530 g/mol. The third kappa shape index (κ3) is 12.3. The minimum absolute atomic E-state index is 0.00244. The summed E-state index contributed by atoms with van der Waals surface area (Å²) in [5.74, 6) is -5.02. The van der Waals surface area contributed by atoms with Gasteiger partial charge in [0.05, 0.1) is 20.3 Å². The van der Waals surface area contributed by atoms with E-state index in [-0.39, 0.29) is 37.3 Å². The number of allylic oxidation sites excluding steroid dienone is 1. The van der Waals surface area contributed by atoms with Crippen molar-refractivity contribution in [1.82, 2.24) is 5.32 Å². The standard InChI is InChI=1S/C31H51NO9/c1-8-11-12-13-22(41-21(6)33)14-15-23-24(16-17-32-26(18-20(4)5)29(35)38-7)27(34)19-25(23)28(30(36)39-9-2)31(37)40-10-3/h14-15,20,22-26,28,32H,8-13,16-19H2,1-7H3/b15-14+/t22-,23+,24+,25-,26-/m0/s1. The molecule has 1 N–H and O–H groups in total. The van der Waals surface area contributed by atoms with Crippen LogP contribution in [0.3, 0.4) is 0 Å². The highest BCUT2D eigenvalue weighted by molar-refractivity contribution is 5.97. The van der Waals surface area contributed by atoms with Gasteiger partial charge in [-0.1, -0.05) is 39.7 Å². The highest BCUT2D eigenvalue weighted by Gasteiger charge is 2.50. The molecule has 5 atom stereocenters. The fourth-order valence-corrected chi connectivity index (χ4v) is 5.46. The maximum atomic E-state index is 13.4. The molecule has 1 aliphatic rings. The van der Waals surface area contributed by atoms with Crippen molar-refractivity contribution in [1.29, 1.82) is 0 Å². The van der Waals surface area contributed by atoms with Crippen molar-refractivity contribution < 1.29 is 42.9 Å². The number of unbranched alkanes of at least 4 members (excludes halogenated alkanes) is 2. The summed E-state index contributed by atoms with van der Waals surface area (Å²) in [6, 6.07) is -0.514. The minimum atomic E-state index is -1.26. The Kier molecular flexibility index (Phi) is 17.2. The van der Waals surface area contributed by atoms with E-state index in [0.717, 1.165) is 19.3 Å². The van der Waals surface area contributed by atoms with Crippen LogP contribution in [0.1, 0.15) is 86.5 Å². The van der Waals surface area contributed by atoms with Gasteiger partial charge in [0, 0.05) is 19.3 Å². The number of esters is 4. The Bertz CT molecular complexity index is 867. The second-order valence-corrected chi connectivity index (χ2v) is 11.0. The average molecular weight is 582 g/mol. The van der Waals surface area contributed by atoms with Crippen molar-refractivity contribution in [3.63, 3.8) is 0 Å². The van der Waals surface area contributed by atoms with E-state index in [9.17, 15) is 24.0 Å². The number of ketones is 1. The molecule has 0 aromatic carbocycles. The van der Waals surface area contributed by atoms with Crippen LogP contribution in [0, 0.1) is 29.6 Å². The summed E-state index contributed by atoms with van der Waals surface area (Å²) >= 11 is 0. The third-order valence-corrected chi connectivity index (χ3v) is 7.32. The average Bonchev–Trinajstić information content (AvgIpc) is 3.20. The zero-order chi connectivity index (χ0) is 30.9. The lowest BCUT2D eigenvalue weighted by atomic mass is 9.79. The van der Waals surface area contributed by atoms with Crippen molar-refractivity contribution >= 4 is 29.7 Å². The molecule has 1 saturated carbocycles. The molecule has 10 heteroatoms. The van der Waals surface area contributed by atoms with Crippen LogP contribution in [-0.2, 0) is 42.9 Å². The normalized spacial score (nSPS) is 20.3. The predicted octanol–water partition coefficient (Wildman–Crippen LogP) is 4.19. The smallest absolute Gasteiger partial charge is 0.322 e. The van der Waals surface area contributed by atoms with Gasteiger partial charge < -0.3 is 24.3 Å². The summed E-state index contributed by atoms with van der Waals surface area (Å²) in [4.78, 5) is 63.4. The first kappa shape index (κ1) is 36.3. The molecular formula is C31H51NO9. The first-order valence-corrected chi connectivity index (χ1v) is 15.0. The number of rotatable bonds is 19. The maximum absolute atomic E-state index is 13.4. The van der Waals surface area contributed by atoms with E-state index in [1.165, 1.54) is 14.0 Å². The van der Waals surface area contributed by atoms with Crippen LogP contribution >= 0.6 is 0 Å². The first-order chi connectivity index (χ1) is 19.5. The second kappa shape index (κ2) is 19.4. The zero-order valence-electron chi connectivity index (χ0n) is 25.9. The van der Waals surface area contributed by atoms with Gasteiger partial charge >= 0.3 is 23.9 Å². The molecule has 0 radical (unpaired) electrons. The first-order valence-electron chi connectivity index (χ1n) is 15.0. The highest BCUT2D eigenvalue weighted by atomic mass is 16.6. The Hall–Kier alpha value is -2.75. The molecule has 0 aliphatic heterocycles. The SMILES string of the molecule is CCCCC[C@@H](/C=C/[C@H]1[C@@H](C(C(=O)OCC)C(=O)OCC)CC(=O)[C@@H]1CCN[C@@H](CC(C)C)C(=O)OC)OC(C)=O. The van der Waals surface area contributed by atoms with Crippen LogP contribution in [0.5, 0.6) is 0 Å². The van der Waals surface area contributed by atoms with Crippen molar-refractivity contribution in [2.75, 3.05) is 26.9 Å². The van der Waals surface area contributed by atoms with Crippen LogP contribution in [0.4, 0.5) is 0 Å². The van der Waals surface area contributed by atoms with Crippen molar-refractivity contribution in [2.24, 2.45) is 29.6 Å². The topological polar surface area (TPSA) is 134 Å². The van der Waals surface area contributed by atoms with Crippen LogP contribution in [0.15, 0.2) is 12.2 Å². The molecule has 41 heavy (non-hydrogen) atoms. The fourth-order valence-electron chi connectivity index (χ4n) is 5.46. The van der Waals surface area contributed by atoms with Gasteiger partial charge in [-0.3, -0.25) is 24.0 Å². The van der Waals surface area contributed by atoms with Gasteiger partial charge in [0.25, 0.3) is 0 Å². The van der Waals surface area contributed by atoms with Gasteiger partial charge in [0.1, 0.15) is 17.9 Å². The lowest BCUT2D eigenvalue weighted by Gasteiger charge is -2.27. The van der Waals surface area contributed by atoms with E-state index in [1.807, 2.05) is 19.9 Å². The molecule has 0 unspecified atom stereocenters. The quantitative estimate of drug-likeness (QED) is 0.0778. The lowest BCUT2D eigenvalue weighted by molar-refractivity contribution is -0.165. The number of methoxy groups -OCH3 is 1. The number of carbonyl (C=O) groups is 5. The Balaban J connectivity index is 3.35. The molecule has 1 fully saturated rings. The van der Waals surface area contributed by atoms with Crippen LogP contribution < -0.4 is 5.32 Å². The van der Waals surface area contributed by atoms with Gasteiger partial charge in [-0.25, -0.2) is 0 Å². The van der Waals surface area contributed by atoms with Gasteiger partial charge in [0.15, 0.2) is 5.92 Å². The number of nitrogens with one attached hydrogen (secondary N) is 1. The summed E-state index contributed by atoms with van der Waals surface area (Å²) in [7, 11) is 1.34. The maximum Gasteiger partial charge on any atom is 0.322 e. The van der Waals surface area contributed by atoms with E-state index in [0.29, 0.717) is 25.8 Å². The molecule has 0 aromatic rings. The number of hydrogen-bond acceptors (Lipinski definition) is 10. The molecule has 0 aromatic heterocycles. The van der Waals surface area contributed by atoms with Crippen LogP contribution in [-0.4, -0.2) is 68.7 Å². The summed E-state index contributed by atoms with van der Waals surface area (Å²) < 4.78 is 20.9. The number of Topliss-reactive ketones (excluding diaryl/α,β-unsaturated/α-hetero) is 1. The van der Waals surface area contributed by atoms with Crippen molar-refractivity contribution in [3.8, 4) is 0 Å². The van der Waals surface area contributed by atoms with Gasteiger partial charge in [-0.05, 0) is 69.9 Å². The highest BCUT2D eigenvalue weighted by Crippen LogP contribution is 2.43. The largest absolute Gasteiger partial charge is 0.468 e. The molecule has 1 rings (SSSR count). The Morgan fingerprint density at radius 3 is 2.15 bits per heavy atom. The Labute approximate surface area is 245 Å².